The van der Waals surface area contributed by atoms with E-state index in [4.69, 9.17) is 32.2 Å². The highest BCUT2D eigenvalue weighted by Crippen LogP contribution is 2.09. The second kappa shape index (κ2) is 15.8. The zero-order chi connectivity index (χ0) is 15.8. The Morgan fingerprint density at radius 2 is 1.48 bits per heavy atom. The Bertz CT molecular complexity index is 296. The molecule has 120 valence electrons. The van der Waals surface area contributed by atoms with Gasteiger partial charge >= 0.3 is 0 Å². The number of rotatable bonds is 2. The molecular weight excluding hydrogens is 336 g/mol. The van der Waals surface area contributed by atoms with Crippen molar-refractivity contribution in [1.82, 2.24) is 0 Å². The summed E-state index contributed by atoms with van der Waals surface area (Å²) in [5.41, 5.74) is 0. The lowest BCUT2D eigenvalue weighted by atomic mass is 10.2. The number of hydrogen-bond donors (Lipinski definition) is 1. The van der Waals surface area contributed by atoms with Crippen molar-refractivity contribution in [2.75, 3.05) is 38.4 Å². The predicted molar refractivity (Wildman–Crippen MR) is 87.3 cm³/mol. The van der Waals surface area contributed by atoms with Crippen molar-refractivity contribution in [3.8, 4) is 24.7 Å². The smallest absolute Gasteiger partial charge is 0.107 e. The molecular formula is C16H25BrO4. The third kappa shape index (κ3) is 14.2. The van der Waals surface area contributed by atoms with Gasteiger partial charge in [0.2, 0.25) is 0 Å². The van der Waals surface area contributed by atoms with Crippen LogP contribution in [0.4, 0.5) is 0 Å². The average Bonchev–Trinajstić information content (AvgIpc) is 2.55. The topological polar surface area (TPSA) is 47.9 Å². The fourth-order valence-electron chi connectivity index (χ4n) is 1.69. The van der Waals surface area contributed by atoms with Crippen LogP contribution in [0.1, 0.15) is 25.7 Å². The molecule has 5 heteroatoms. The first kappa shape index (κ1) is 20.4. The Morgan fingerprint density at radius 3 is 1.81 bits per heavy atom. The molecule has 21 heavy (non-hydrogen) atoms. The molecule has 2 saturated heterocycles. The molecule has 2 aliphatic heterocycles. The van der Waals surface area contributed by atoms with E-state index in [9.17, 15) is 0 Å². The summed E-state index contributed by atoms with van der Waals surface area (Å²) >= 11 is 3.01. The van der Waals surface area contributed by atoms with E-state index >= 15 is 0 Å². The summed E-state index contributed by atoms with van der Waals surface area (Å²) in [7, 11) is 0. The fraction of sp³-hybridized carbons (Fsp3) is 0.750. The fourth-order valence-corrected chi connectivity index (χ4v) is 1.69. The zero-order valence-electron chi connectivity index (χ0n) is 12.4. The molecule has 0 bridgehead atoms. The highest BCUT2D eigenvalue weighted by atomic mass is 79.9. The van der Waals surface area contributed by atoms with Gasteiger partial charge in [-0.1, -0.05) is 27.8 Å². The summed E-state index contributed by atoms with van der Waals surface area (Å²) in [5, 5.41) is 9.49. The van der Waals surface area contributed by atoms with Crippen LogP contribution >= 0.6 is 15.9 Å². The van der Waals surface area contributed by atoms with E-state index in [2.05, 4.69) is 27.8 Å². The van der Waals surface area contributed by atoms with Gasteiger partial charge in [-0.25, -0.2) is 0 Å². The lowest BCUT2D eigenvalue weighted by molar-refractivity contribution is -0.0205. The van der Waals surface area contributed by atoms with E-state index in [1.165, 1.54) is 0 Å². The van der Waals surface area contributed by atoms with Crippen LogP contribution in [-0.2, 0) is 14.2 Å². The van der Waals surface area contributed by atoms with Gasteiger partial charge in [0.1, 0.15) is 6.61 Å². The van der Waals surface area contributed by atoms with Crippen LogP contribution in [0.25, 0.3) is 0 Å². The van der Waals surface area contributed by atoms with Gasteiger partial charge in [-0.3, -0.25) is 0 Å². The number of ether oxygens (including phenoxy) is 3. The minimum absolute atomic E-state index is 0.0891. The first-order valence-corrected chi connectivity index (χ1v) is 8.24. The van der Waals surface area contributed by atoms with E-state index in [1.807, 2.05) is 0 Å². The number of alkyl halides is 1. The SMILES string of the molecule is C#CCBr.C#CCOC1CCOCC1.OC1CCOCC1. The standard InChI is InChI=1S/C8H12O2.C5H10O2.C3H3Br/c1-2-5-10-8-3-6-9-7-4-8;6-5-1-3-7-4-2-5;1-2-3-4/h1,8H,3-7H2;5-6H,1-4H2;1H,3H2. The molecule has 0 aliphatic carbocycles. The molecule has 0 aromatic carbocycles. The van der Waals surface area contributed by atoms with E-state index in [0.29, 0.717) is 18.0 Å². The van der Waals surface area contributed by atoms with E-state index in [1.54, 1.807) is 0 Å². The summed E-state index contributed by atoms with van der Waals surface area (Å²) in [5.74, 6) is 4.80. The van der Waals surface area contributed by atoms with Crippen molar-refractivity contribution in [3.63, 3.8) is 0 Å². The third-order valence-electron chi connectivity index (χ3n) is 2.84. The first-order chi connectivity index (χ1) is 10.2. The molecule has 2 rings (SSSR count). The quantitative estimate of drug-likeness (QED) is 0.604. The molecule has 2 heterocycles. The van der Waals surface area contributed by atoms with Gasteiger partial charge in [-0.15, -0.1) is 12.8 Å². The molecule has 0 saturated carbocycles. The Labute approximate surface area is 136 Å². The summed E-state index contributed by atoms with van der Waals surface area (Å²) in [6.07, 6.45) is 13.6. The van der Waals surface area contributed by atoms with Gasteiger partial charge in [0.25, 0.3) is 0 Å². The molecule has 1 N–H and O–H groups in total. The highest BCUT2D eigenvalue weighted by Gasteiger charge is 2.12. The van der Waals surface area contributed by atoms with Crippen molar-refractivity contribution in [2.45, 2.75) is 37.9 Å². The van der Waals surface area contributed by atoms with Crippen LogP contribution < -0.4 is 0 Å². The van der Waals surface area contributed by atoms with Crippen LogP contribution in [-0.4, -0.2) is 55.7 Å². The van der Waals surface area contributed by atoms with Crippen LogP contribution in [0.3, 0.4) is 0 Å². The summed E-state index contributed by atoms with van der Waals surface area (Å²) < 4.78 is 15.4. The lowest BCUT2D eigenvalue weighted by Gasteiger charge is -2.20. The van der Waals surface area contributed by atoms with Crippen LogP contribution in [0, 0.1) is 24.7 Å². The van der Waals surface area contributed by atoms with Gasteiger partial charge in [-0.05, 0) is 25.7 Å². The Hall–Kier alpha value is -0.560. The lowest BCUT2D eigenvalue weighted by Crippen LogP contribution is -2.23. The molecule has 0 aromatic rings. The number of aliphatic hydroxyl groups excluding tert-OH is 1. The van der Waals surface area contributed by atoms with Crippen molar-refractivity contribution in [3.05, 3.63) is 0 Å². The molecule has 0 atom stereocenters. The van der Waals surface area contributed by atoms with Gasteiger partial charge in [0.05, 0.1) is 17.5 Å². The van der Waals surface area contributed by atoms with E-state index < -0.39 is 0 Å². The second-order valence-electron chi connectivity index (χ2n) is 4.51. The Morgan fingerprint density at radius 1 is 1.00 bits per heavy atom. The minimum Gasteiger partial charge on any atom is -0.393 e. The maximum atomic E-state index is 8.83. The molecule has 0 unspecified atom stereocenters. The maximum absolute atomic E-state index is 8.83. The number of halogens is 1. The van der Waals surface area contributed by atoms with Gasteiger partial charge in [-0.2, -0.15) is 0 Å². The molecule has 2 fully saturated rings. The van der Waals surface area contributed by atoms with Gasteiger partial charge < -0.3 is 19.3 Å². The van der Waals surface area contributed by atoms with Gasteiger partial charge in [0.15, 0.2) is 0 Å². The largest absolute Gasteiger partial charge is 0.393 e. The molecule has 0 aromatic heterocycles. The van der Waals surface area contributed by atoms with Crippen LogP contribution in [0.2, 0.25) is 0 Å². The normalized spacial score (nSPS) is 19.0. The number of hydrogen-bond acceptors (Lipinski definition) is 4. The van der Waals surface area contributed by atoms with Crippen molar-refractivity contribution in [1.29, 1.82) is 0 Å². The Balaban J connectivity index is 0.000000317. The van der Waals surface area contributed by atoms with Crippen LogP contribution in [0.5, 0.6) is 0 Å². The molecule has 0 radical (unpaired) electrons. The van der Waals surface area contributed by atoms with Crippen molar-refractivity contribution < 1.29 is 19.3 Å². The third-order valence-corrected chi connectivity index (χ3v) is 3.16. The molecule has 2 aliphatic rings. The molecule has 0 amide bonds. The maximum Gasteiger partial charge on any atom is 0.107 e. The number of aliphatic hydroxyl groups is 1. The Kier molecular flexibility index (Phi) is 15.4. The van der Waals surface area contributed by atoms with Gasteiger partial charge in [0, 0.05) is 26.4 Å². The predicted octanol–water partition coefficient (Wildman–Crippen LogP) is 1.99. The van der Waals surface area contributed by atoms with E-state index in [-0.39, 0.29) is 6.10 Å². The monoisotopic (exact) mass is 360 g/mol. The number of terminal acetylenes is 2. The second-order valence-corrected chi connectivity index (χ2v) is 5.07. The molecule has 0 spiro atoms. The van der Waals surface area contributed by atoms with Crippen molar-refractivity contribution >= 4 is 15.9 Å². The summed E-state index contributed by atoms with van der Waals surface area (Å²) in [6.45, 7) is 3.54. The first-order valence-electron chi connectivity index (χ1n) is 7.12. The van der Waals surface area contributed by atoms with Crippen molar-refractivity contribution in [2.24, 2.45) is 0 Å². The summed E-state index contributed by atoms with van der Waals surface area (Å²) in [6, 6.07) is 0. The van der Waals surface area contributed by atoms with Crippen LogP contribution in [0.15, 0.2) is 0 Å². The summed E-state index contributed by atoms with van der Waals surface area (Å²) in [4.78, 5) is 0. The minimum atomic E-state index is -0.0891. The highest BCUT2D eigenvalue weighted by molar-refractivity contribution is 9.09. The zero-order valence-corrected chi connectivity index (χ0v) is 14.0. The van der Waals surface area contributed by atoms with E-state index in [0.717, 1.165) is 52.1 Å². The average molecular weight is 361 g/mol. The molecule has 4 nitrogen and oxygen atoms in total.